The summed E-state index contributed by atoms with van der Waals surface area (Å²) in [4.78, 5) is 1.34. The molecule has 0 fully saturated rings. The molecule has 0 radical (unpaired) electrons. The molecule has 0 saturated carbocycles. The van der Waals surface area contributed by atoms with E-state index in [2.05, 4.69) is 30.8 Å². The van der Waals surface area contributed by atoms with Crippen molar-refractivity contribution in [2.75, 3.05) is 12.4 Å². The highest BCUT2D eigenvalue weighted by atomic mass is 32.2. The molecule has 0 bridgehead atoms. The minimum absolute atomic E-state index is 0.223. The normalized spacial score (nSPS) is 12.3. The number of hydrogen-bond donors (Lipinski definition) is 0. The van der Waals surface area contributed by atoms with E-state index in [-0.39, 0.29) is 6.10 Å². The summed E-state index contributed by atoms with van der Waals surface area (Å²) in [5.41, 5.74) is 0. The third-order valence-corrected chi connectivity index (χ3v) is 3.39. The zero-order valence-corrected chi connectivity index (χ0v) is 10.7. The van der Waals surface area contributed by atoms with Crippen molar-refractivity contribution in [2.24, 2.45) is 0 Å². The second kappa shape index (κ2) is 8.43. The second-order valence-electron chi connectivity index (χ2n) is 3.53. The third kappa shape index (κ3) is 5.38. The van der Waals surface area contributed by atoms with E-state index in [9.17, 15) is 0 Å². The quantitative estimate of drug-likeness (QED) is 0.381. The Kier molecular flexibility index (Phi) is 7.02. The Hall–Kier alpha value is -0.730. The first-order valence-electron chi connectivity index (χ1n) is 5.78. The van der Waals surface area contributed by atoms with Crippen molar-refractivity contribution in [3.8, 4) is 0 Å². The molecule has 1 rings (SSSR count). The summed E-state index contributed by atoms with van der Waals surface area (Å²) in [5.74, 6) is 1.14. The van der Waals surface area contributed by atoms with E-state index in [1.165, 1.54) is 4.90 Å². The Morgan fingerprint density at radius 3 is 2.75 bits per heavy atom. The van der Waals surface area contributed by atoms with Gasteiger partial charge in [-0.1, -0.05) is 24.3 Å². The first kappa shape index (κ1) is 13.3. The maximum atomic E-state index is 5.52. The number of ether oxygens (including phenoxy) is 1. The Balaban J connectivity index is 2.14. The minimum Gasteiger partial charge on any atom is -0.374 e. The maximum absolute atomic E-state index is 5.52. The number of benzene rings is 1. The van der Waals surface area contributed by atoms with Gasteiger partial charge in [-0.25, -0.2) is 0 Å². The molecule has 1 aromatic carbocycles. The summed E-state index contributed by atoms with van der Waals surface area (Å²) < 4.78 is 5.52. The number of rotatable bonds is 8. The van der Waals surface area contributed by atoms with Crippen LogP contribution in [0, 0.1) is 0 Å². The monoisotopic (exact) mass is 236 g/mol. The van der Waals surface area contributed by atoms with Gasteiger partial charge in [0.25, 0.3) is 0 Å². The van der Waals surface area contributed by atoms with Gasteiger partial charge in [-0.15, -0.1) is 18.3 Å². The molecule has 1 aromatic rings. The zero-order valence-electron chi connectivity index (χ0n) is 9.89. The van der Waals surface area contributed by atoms with Gasteiger partial charge < -0.3 is 4.74 Å². The fraction of sp³-hybridized carbons (Fsp3) is 0.429. The topological polar surface area (TPSA) is 9.23 Å². The highest BCUT2D eigenvalue weighted by Gasteiger charge is 2.02. The molecule has 0 aromatic heterocycles. The highest BCUT2D eigenvalue weighted by molar-refractivity contribution is 7.99. The van der Waals surface area contributed by atoms with Crippen molar-refractivity contribution < 1.29 is 4.74 Å². The van der Waals surface area contributed by atoms with Gasteiger partial charge in [0.2, 0.25) is 0 Å². The first-order valence-corrected chi connectivity index (χ1v) is 6.77. The summed E-state index contributed by atoms with van der Waals surface area (Å²) in [6.07, 6.45) is 4.35. The van der Waals surface area contributed by atoms with Gasteiger partial charge in [0.15, 0.2) is 0 Å². The van der Waals surface area contributed by atoms with Gasteiger partial charge in [0, 0.05) is 11.5 Å². The molecule has 0 aliphatic carbocycles. The van der Waals surface area contributed by atoms with Gasteiger partial charge in [0.05, 0.1) is 6.10 Å². The van der Waals surface area contributed by atoms with E-state index >= 15 is 0 Å². The lowest BCUT2D eigenvalue weighted by Crippen LogP contribution is -2.09. The van der Waals surface area contributed by atoms with Crippen molar-refractivity contribution in [3.05, 3.63) is 43.0 Å². The van der Waals surface area contributed by atoms with E-state index in [0.29, 0.717) is 0 Å². The van der Waals surface area contributed by atoms with Crippen LogP contribution < -0.4 is 0 Å². The average Bonchev–Trinajstić information content (AvgIpc) is 2.34. The molecular formula is C14H20OS. The molecule has 0 aliphatic heterocycles. The van der Waals surface area contributed by atoms with E-state index in [0.717, 1.165) is 25.2 Å². The van der Waals surface area contributed by atoms with Crippen LogP contribution in [-0.2, 0) is 4.74 Å². The van der Waals surface area contributed by atoms with Crippen LogP contribution in [0.4, 0.5) is 0 Å². The van der Waals surface area contributed by atoms with Gasteiger partial charge in [-0.3, -0.25) is 0 Å². The predicted octanol–water partition coefficient (Wildman–Crippen LogP) is 4.15. The summed E-state index contributed by atoms with van der Waals surface area (Å²) in [6.45, 7) is 6.57. The molecule has 0 heterocycles. The van der Waals surface area contributed by atoms with Crippen molar-refractivity contribution >= 4 is 11.8 Å². The van der Waals surface area contributed by atoms with Crippen LogP contribution in [0.25, 0.3) is 0 Å². The minimum atomic E-state index is 0.223. The molecular weight excluding hydrogens is 216 g/mol. The SMILES string of the molecule is C=C[C@@H](CCCSc1ccccc1)OCC. The van der Waals surface area contributed by atoms with Crippen molar-refractivity contribution in [1.29, 1.82) is 0 Å². The summed E-state index contributed by atoms with van der Waals surface area (Å²) in [7, 11) is 0. The lowest BCUT2D eigenvalue weighted by molar-refractivity contribution is 0.0903. The molecule has 0 saturated heterocycles. The highest BCUT2D eigenvalue weighted by Crippen LogP contribution is 2.19. The predicted molar refractivity (Wildman–Crippen MR) is 72.0 cm³/mol. The van der Waals surface area contributed by atoms with Gasteiger partial charge in [-0.05, 0) is 37.7 Å². The van der Waals surface area contributed by atoms with Gasteiger partial charge >= 0.3 is 0 Å². The molecule has 0 N–H and O–H groups in total. The van der Waals surface area contributed by atoms with Crippen LogP contribution in [0.3, 0.4) is 0 Å². The third-order valence-electron chi connectivity index (χ3n) is 2.29. The molecule has 0 amide bonds. The Bertz CT molecular complexity index is 284. The fourth-order valence-corrected chi connectivity index (χ4v) is 2.37. The van der Waals surface area contributed by atoms with Gasteiger partial charge in [0.1, 0.15) is 0 Å². The standard InChI is InChI=1S/C14H20OS/c1-3-13(15-4-2)9-8-12-16-14-10-6-5-7-11-14/h3,5-7,10-11,13H,1,4,8-9,12H2,2H3/t13-/m0/s1. The Labute approximate surface area is 103 Å². The largest absolute Gasteiger partial charge is 0.374 e. The van der Waals surface area contributed by atoms with Crippen LogP contribution in [0.1, 0.15) is 19.8 Å². The van der Waals surface area contributed by atoms with Gasteiger partial charge in [-0.2, -0.15) is 0 Å². The molecule has 2 heteroatoms. The molecule has 1 nitrogen and oxygen atoms in total. The smallest absolute Gasteiger partial charge is 0.0753 e. The molecule has 88 valence electrons. The Morgan fingerprint density at radius 1 is 1.38 bits per heavy atom. The zero-order chi connectivity index (χ0) is 11.6. The van der Waals surface area contributed by atoms with Crippen LogP contribution in [-0.4, -0.2) is 18.5 Å². The molecule has 1 atom stereocenters. The molecule has 16 heavy (non-hydrogen) atoms. The first-order chi connectivity index (χ1) is 7.86. The van der Waals surface area contributed by atoms with E-state index in [1.807, 2.05) is 30.8 Å². The molecule has 0 aliphatic rings. The number of hydrogen-bond acceptors (Lipinski definition) is 2. The molecule has 0 spiro atoms. The average molecular weight is 236 g/mol. The lowest BCUT2D eigenvalue weighted by Gasteiger charge is -2.11. The lowest BCUT2D eigenvalue weighted by atomic mass is 10.2. The van der Waals surface area contributed by atoms with E-state index in [4.69, 9.17) is 4.74 Å². The maximum Gasteiger partial charge on any atom is 0.0753 e. The number of thioether (sulfide) groups is 1. The van der Waals surface area contributed by atoms with Crippen molar-refractivity contribution in [1.82, 2.24) is 0 Å². The Morgan fingerprint density at radius 2 is 2.12 bits per heavy atom. The van der Waals surface area contributed by atoms with Crippen molar-refractivity contribution in [2.45, 2.75) is 30.8 Å². The summed E-state index contributed by atoms with van der Waals surface area (Å²) in [6, 6.07) is 10.5. The van der Waals surface area contributed by atoms with Crippen molar-refractivity contribution in [3.63, 3.8) is 0 Å². The van der Waals surface area contributed by atoms with Crippen LogP contribution in [0.2, 0.25) is 0 Å². The van der Waals surface area contributed by atoms with Crippen LogP contribution in [0.15, 0.2) is 47.9 Å². The second-order valence-corrected chi connectivity index (χ2v) is 4.70. The van der Waals surface area contributed by atoms with E-state index in [1.54, 1.807) is 0 Å². The summed E-state index contributed by atoms with van der Waals surface area (Å²) >= 11 is 1.90. The van der Waals surface area contributed by atoms with Crippen LogP contribution >= 0.6 is 11.8 Å². The van der Waals surface area contributed by atoms with Crippen LogP contribution in [0.5, 0.6) is 0 Å². The van der Waals surface area contributed by atoms with E-state index < -0.39 is 0 Å². The fourth-order valence-electron chi connectivity index (χ4n) is 1.47. The molecule has 0 unspecified atom stereocenters. The summed E-state index contributed by atoms with van der Waals surface area (Å²) in [5, 5.41) is 0.